The maximum atomic E-state index is 12.1. The van der Waals surface area contributed by atoms with Crippen molar-refractivity contribution in [3.05, 3.63) is 11.9 Å². The minimum absolute atomic E-state index is 0.114. The fourth-order valence-corrected chi connectivity index (χ4v) is 2.43. The Hall–Kier alpha value is -1.56. The van der Waals surface area contributed by atoms with Gasteiger partial charge in [0.15, 0.2) is 0 Å². The summed E-state index contributed by atoms with van der Waals surface area (Å²) < 4.78 is 1.51. The first kappa shape index (κ1) is 12.9. The molecule has 0 radical (unpaired) electrons. The predicted octanol–water partition coefficient (Wildman–Crippen LogP) is 0.216. The zero-order valence-electron chi connectivity index (χ0n) is 11.2. The molecular formula is C12H21N5O. The van der Waals surface area contributed by atoms with E-state index in [1.165, 1.54) is 17.3 Å². The Bertz CT molecular complexity index is 428. The van der Waals surface area contributed by atoms with Crippen LogP contribution < -0.4 is 11.1 Å². The molecule has 1 aliphatic carbocycles. The molecule has 2 rings (SSSR count). The standard InChI is InChI=1S/C12H21N5O/c1-16(2)12(5-4-6-12)8-14-11(18)10-9(13)7-15-17(10)3/h7H,4-6,8,13H2,1-3H3,(H,14,18). The number of rotatable bonds is 4. The summed E-state index contributed by atoms with van der Waals surface area (Å²) in [5.41, 5.74) is 6.70. The van der Waals surface area contributed by atoms with Gasteiger partial charge < -0.3 is 16.0 Å². The van der Waals surface area contributed by atoms with E-state index in [1.54, 1.807) is 7.05 Å². The lowest BCUT2D eigenvalue weighted by molar-refractivity contribution is 0.0555. The van der Waals surface area contributed by atoms with E-state index in [-0.39, 0.29) is 11.4 Å². The number of nitrogen functional groups attached to an aromatic ring is 1. The van der Waals surface area contributed by atoms with Gasteiger partial charge in [-0.05, 0) is 33.4 Å². The van der Waals surface area contributed by atoms with E-state index in [0.717, 1.165) is 12.8 Å². The predicted molar refractivity (Wildman–Crippen MR) is 70.2 cm³/mol. The second-order valence-electron chi connectivity index (χ2n) is 5.23. The number of anilines is 1. The summed E-state index contributed by atoms with van der Waals surface area (Å²) in [5.74, 6) is -0.152. The summed E-state index contributed by atoms with van der Waals surface area (Å²) in [5, 5.41) is 6.94. The normalized spacial score (nSPS) is 17.6. The number of hydrogen-bond donors (Lipinski definition) is 2. The molecule has 0 spiro atoms. The molecule has 0 unspecified atom stereocenters. The zero-order chi connectivity index (χ0) is 13.3. The van der Waals surface area contributed by atoms with Gasteiger partial charge in [-0.15, -0.1) is 0 Å². The first-order valence-electron chi connectivity index (χ1n) is 6.19. The number of nitrogens with zero attached hydrogens (tertiary/aromatic N) is 3. The van der Waals surface area contributed by atoms with E-state index in [4.69, 9.17) is 5.73 Å². The number of carbonyl (C=O) groups excluding carboxylic acids is 1. The highest BCUT2D eigenvalue weighted by atomic mass is 16.2. The molecule has 1 aromatic heterocycles. The van der Waals surface area contributed by atoms with Crippen molar-refractivity contribution < 1.29 is 4.79 Å². The van der Waals surface area contributed by atoms with Crippen molar-refractivity contribution in [2.24, 2.45) is 7.05 Å². The minimum atomic E-state index is -0.152. The van der Waals surface area contributed by atoms with E-state index in [9.17, 15) is 4.79 Å². The van der Waals surface area contributed by atoms with Crippen LogP contribution in [0.4, 0.5) is 5.69 Å². The van der Waals surface area contributed by atoms with Crippen LogP contribution in [-0.2, 0) is 7.05 Å². The molecule has 6 heteroatoms. The quantitative estimate of drug-likeness (QED) is 0.802. The van der Waals surface area contributed by atoms with Crippen LogP contribution in [0.15, 0.2) is 6.20 Å². The number of nitrogens with two attached hydrogens (primary N) is 1. The van der Waals surface area contributed by atoms with Crippen molar-refractivity contribution in [2.45, 2.75) is 24.8 Å². The van der Waals surface area contributed by atoms with Gasteiger partial charge in [0.1, 0.15) is 5.69 Å². The first-order chi connectivity index (χ1) is 8.46. The van der Waals surface area contributed by atoms with Gasteiger partial charge in [0.2, 0.25) is 0 Å². The van der Waals surface area contributed by atoms with Gasteiger partial charge in [0.25, 0.3) is 5.91 Å². The van der Waals surface area contributed by atoms with Crippen molar-refractivity contribution >= 4 is 11.6 Å². The van der Waals surface area contributed by atoms with Gasteiger partial charge in [-0.2, -0.15) is 5.10 Å². The van der Waals surface area contributed by atoms with Crippen molar-refractivity contribution in [3.63, 3.8) is 0 Å². The van der Waals surface area contributed by atoms with Gasteiger partial charge in [-0.1, -0.05) is 0 Å². The summed E-state index contributed by atoms with van der Waals surface area (Å²) >= 11 is 0. The molecule has 0 aromatic carbocycles. The molecule has 1 amide bonds. The van der Waals surface area contributed by atoms with Crippen LogP contribution in [0.1, 0.15) is 29.8 Å². The van der Waals surface area contributed by atoms with Gasteiger partial charge in [0, 0.05) is 19.1 Å². The number of hydrogen-bond acceptors (Lipinski definition) is 4. The lowest BCUT2D eigenvalue weighted by Crippen LogP contribution is -2.57. The second kappa shape index (κ2) is 4.61. The van der Waals surface area contributed by atoms with Crippen LogP contribution in [0.5, 0.6) is 0 Å². The van der Waals surface area contributed by atoms with Crippen LogP contribution in [0.25, 0.3) is 0 Å². The fraction of sp³-hybridized carbons (Fsp3) is 0.667. The topological polar surface area (TPSA) is 76.2 Å². The number of amides is 1. The SMILES string of the molecule is CN(C)C1(CNC(=O)c2c(N)cnn2C)CCC1. The highest BCUT2D eigenvalue weighted by molar-refractivity contribution is 5.97. The third-order valence-electron chi connectivity index (χ3n) is 3.99. The van der Waals surface area contributed by atoms with E-state index in [2.05, 4.69) is 29.4 Å². The van der Waals surface area contributed by atoms with Gasteiger partial charge in [-0.25, -0.2) is 0 Å². The van der Waals surface area contributed by atoms with Crippen LogP contribution in [0.3, 0.4) is 0 Å². The maximum Gasteiger partial charge on any atom is 0.271 e. The molecule has 3 N–H and O–H groups in total. The number of nitrogens with one attached hydrogen (secondary N) is 1. The first-order valence-corrected chi connectivity index (χ1v) is 6.19. The van der Waals surface area contributed by atoms with Crippen LogP contribution in [-0.4, -0.2) is 46.8 Å². The lowest BCUT2D eigenvalue weighted by Gasteiger charge is -2.47. The van der Waals surface area contributed by atoms with Crippen LogP contribution in [0, 0.1) is 0 Å². The van der Waals surface area contributed by atoms with Gasteiger partial charge in [0.05, 0.1) is 11.9 Å². The Morgan fingerprint density at radius 3 is 2.67 bits per heavy atom. The summed E-state index contributed by atoms with van der Waals surface area (Å²) in [6.45, 7) is 0.656. The summed E-state index contributed by atoms with van der Waals surface area (Å²) in [4.78, 5) is 14.3. The third kappa shape index (κ3) is 2.08. The summed E-state index contributed by atoms with van der Waals surface area (Å²) in [6, 6.07) is 0. The number of aromatic nitrogens is 2. The molecule has 18 heavy (non-hydrogen) atoms. The Kier molecular flexibility index (Phi) is 3.30. The smallest absolute Gasteiger partial charge is 0.271 e. The van der Waals surface area contributed by atoms with Crippen molar-refractivity contribution in [2.75, 3.05) is 26.4 Å². The molecule has 0 bridgehead atoms. The van der Waals surface area contributed by atoms with Gasteiger partial charge >= 0.3 is 0 Å². The summed E-state index contributed by atoms with van der Waals surface area (Å²) in [7, 11) is 5.84. The molecule has 1 heterocycles. The molecule has 6 nitrogen and oxygen atoms in total. The van der Waals surface area contributed by atoms with Gasteiger partial charge in [-0.3, -0.25) is 9.48 Å². The molecule has 100 valence electrons. The largest absolute Gasteiger partial charge is 0.396 e. The Morgan fingerprint density at radius 2 is 2.28 bits per heavy atom. The Morgan fingerprint density at radius 1 is 1.61 bits per heavy atom. The summed E-state index contributed by atoms with van der Waals surface area (Å²) in [6.07, 6.45) is 4.98. The average Bonchev–Trinajstić information content (AvgIpc) is 2.56. The lowest BCUT2D eigenvalue weighted by atomic mass is 9.75. The molecule has 1 aliphatic rings. The average molecular weight is 251 g/mol. The molecule has 1 aromatic rings. The zero-order valence-corrected chi connectivity index (χ0v) is 11.2. The molecule has 1 fully saturated rings. The Balaban J connectivity index is 2.01. The fourth-order valence-electron chi connectivity index (χ4n) is 2.43. The van der Waals surface area contributed by atoms with Crippen LogP contribution >= 0.6 is 0 Å². The second-order valence-corrected chi connectivity index (χ2v) is 5.23. The van der Waals surface area contributed by atoms with Crippen molar-refractivity contribution in [1.82, 2.24) is 20.0 Å². The number of likely N-dealkylation sites (N-methyl/N-ethyl adjacent to an activating group) is 1. The highest BCUT2D eigenvalue weighted by Gasteiger charge is 2.39. The van der Waals surface area contributed by atoms with Crippen molar-refractivity contribution in [3.8, 4) is 0 Å². The van der Waals surface area contributed by atoms with Crippen molar-refractivity contribution in [1.29, 1.82) is 0 Å². The minimum Gasteiger partial charge on any atom is -0.396 e. The van der Waals surface area contributed by atoms with E-state index < -0.39 is 0 Å². The molecule has 0 aliphatic heterocycles. The van der Waals surface area contributed by atoms with E-state index >= 15 is 0 Å². The molecular weight excluding hydrogens is 230 g/mol. The van der Waals surface area contributed by atoms with E-state index in [1.807, 2.05) is 0 Å². The Labute approximate surface area is 107 Å². The number of carbonyl (C=O) groups is 1. The van der Waals surface area contributed by atoms with E-state index in [0.29, 0.717) is 17.9 Å². The monoisotopic (exact) mass is 251 g/mol. The third-order valence-corrected chi connectivity index (χ3v) is 3.99. The maximum absolute atomic E-state index is 12.1. The van der Waals surface area contributed by atoms with Crippen LogP contribution in [0.2, 0.25) is 0 Å². The molecule has 1 saturated carbocycles. The number of aryl methyl sites for hydroxylation is 1. The molecule has 0 saturated heterocycles. The highest BCUT2D eigenvalue weighted by Crippen LogP contribution is 2.35. The molecule has 0 atom stereocenters.